The quantitative estimate of drug-likeness (QED) is 0.715. The molecule has 0 bridgehead atoms. The van der Waals surface area contributed by atoms with Gasteiger partial charge in [-0.2, -0.15) is 0 Å². The molecule has 3 nitrogen and oxygen atoms in total. The van der Waals surface area contributed by atoms with Gasteiger partial charge in [0, 0.05) is 13.0 Å². The Morgan fingerprint density at radius 3 is 1.83 bits per heavy atom. The van der Waals surface area contributed by atoms with Crippen LogP contribution in [0.3, 0.4) is 0 Å². The van der Waals surface area contributed by atoms with Crippen molar-refractivity contribution in [1.82, 2.24) is 0 Å². The van der Waals surface area contributed by atoms with Crippen LogP contribution in [0.2, 0.25) is 0 Å². The molecule has 2 aromatic rings. The van der Waals surface area contributed by atoms with Crippen molar-refractivity contribution < 1.29 is 14.3 Å². The third-order valence-corrected chi connectivity index (χ3v) is 3.95. The summed E-state index contributed by atoms with van der Waals surface area (Å²) < 4.78 is 11.9. The molecule has 2 aromatic carbocycles. The second kappa shape index (κ2) is 7.93. The van der Waals surface area contributed by atoms with Gasteiger partial charge < -0.3 is 9.47 Å². The molecule has 0 aromatic heterocycles. The van der Waals surface area contributed by atoms with Crippen LogP contribution >= 0.6 is 0 Å². The molecular weight excluding hydrogens is 288 g/mol. The Bertz CT molecular complexity index is 568. The van der Waals surface area contributed by atoms with E-state index in [0.29, 0.717) is 13.0 Å². The van der Waals surface area contributed by atoms with E-state index in [2.05, 4.69) is 0 Å². The van der Waals surface area contributed by atoms with Crippen LogP contribution in [0.25, 0.3) is 0 Å². The fourth-order valence-electron chi connectivity index (χ4n) is 2.88. The van der Waals surface area contributed by atoms with Crippen LogP contribution < -0.4 is 0 Å². The molecule has 0 aliphatic carbocycles. The summed E-state index contributed by atoms with van der Waals surface area (Å²) in [5.41, 5.74) is 1.14. The molecule has 0 amide bonds. The number of hydrogen-bond acceptors (Lipinski definition) is 3. The molecule has 0 aliphatic rings. The van der Waals surface area contributed by atoms with Crippen molar-refractivity contribution >= 4 is 5.97 Å². The highest BCUT2D eigenvalue weighted by Crippen LogP contribution is 2.38. The molecule has 0 heterocycles. The predicted octanol–water partition coefficient (Wildman–Crippen LogP) is 4.31. The molecule has 0 N–H and O–H groups in total. The van der Waals surface area contributed by atoms with E-state index >= 15 is 0 Å². The summed E-state index contributed by atoms with van der Waals surface area (Å²) >= 11 is 0. The summed E-state index contributed by atoms with van der Waals surface area (Å²) in [7, 11) is 0. The van der Waals surface area contributed by atoms with E-state index in [-0.39, 0.29) is 5.97 Å². The first kappa shape index (κ1) is 17.2. The SMILES string of the molecule is CCOC(c1ccccc1)(c1ccccc1)C(C)OC(=O)CC. The molecule has 0 saturated carbocycles. The van der Waals surface area contributed by atoms with Crippen molar-refractivity contribution in [2.45, 2.75) is 38.9 Å². The Hall–Kier alpha value is -2.13. The Balaban J connectivity index is 2.58. The van der Waals surface area contributed by atoms with Gasteiger partial charge in [-0.15, -0.1) is 0 Å². The zero-order chi connectivity index (χ0) is 16.7. The van der Waals surface area contributed by atoms with Crippen molar-refractivity contribution in [2.24, 2.45) is 0 Å². The molecular formula is C20H24O3. The van der Waals surface area contributed by atoms with Crippen molar-refractivity contribution in [1.29, 1.82) is 0 Å². The first-order chi connectivity index (χ1) is 11.1. The minimum absolute atomic E-state index is 0.228. The van der Waals surface area contributed by atoms with E-state index in [1.807, 2.05) is 74.5 Å². The smallest absolute Gasteiger partial charge is 0.305 e. The summed E-state index contributed by atoms with van der Waals surface area (Å²) in [5.74, 6) is -0.228. The standard InChI is InChI=1S/C20H24O3/c1-4-19(21)23-16(3)20(22-5-2,17-12-8-6-9-13-17)18-14-10-7-11-15-18/h6-16H,4-5H2,1-3H3. The minimum Gasteiger partial charge on any atom is -0.459 e. The largest absolute Gasteiger partial charge is 0.459 e. The van der Waals surface area contributed by atoms with Gasteiger partial charge in [0.2, 0.25) is 0 Å². The molecule has 0 spiro atoms. The molecule has 0 saturated heterocycles. The highest BCUT2D eigenvalue weighted by Gasteiger charge is 2.43. The Labute approximate surface area is 138 Å². The normalized spacial score (nSPS) is 12.7. The average Bonchev–Trinajstić information content (AvgIpc) is 2.61. The first-order valence-electron chi connectivity index (χ1n) is 8.09. The Kier molecular flexibility index (Phi) is 5.94. The van der Waals surface area contributed by atoms with Crippen molar-refractivity contribution in [2.75, 3.05) is 6.61 Å². The van der Waals surface area contributed by atoms with Gasteiger partial charge in [0.05, 0.1) is 0 Å². The van der Waals surface area contributed by atoms with Crippen LogP contribution in [0, 0.1) is 0 Å². The molecule has 23 heavy (non-hydrogen) atoms. The number of benzene rings is 2. The van der Waals surface area contributed by atoms with Crippen molar-refractivity contribution in [3.05, 3.63) is 71.8 Å². The fourth-order valence-corrected chi connectivity index (χ4v) is 2.88. The lowest BCUT2D eigenvalue weighted by Gasteiger charge is -2.39. The topological polar surface area (TPSA) is 35.5 Å². The maximum Gasteiger partial charge on any atom is 0.305 e. The fraction of sp³-hybridized carbons (Fsp3) is 0.350. The maximum absolute atomic E-state index is 11.9. The second-order valence-corrected chi connectivity index (χ2v) is 5.39. The minimum atomic E-state index is -0.817. The van der Waals surface area contributed by atoms with Gasteiger partial charge in [0.15, 0.2) is 5.60 Å². The molecule has 0 fully saturated rings. The van der Waals surface area contributed by atoms with E-state index < -0.39 is 11.7 Å². The maximum atomic E-state index is 11.9. The first-order valence-corrected chi connectivity index (χ1v) is 8.09. The molecule has 122 valence electrons. The Morgan fingerprint density at radius 1 is 0.957 bits per heavy atom. The van der Waals surface area contributed by atoms with E-state index in [0.717, 1.165) is 11.1 Å². The lowest BCUT2D eigenvalue weighted by atomic mass is 9.81. The molecule has 3 heteroatoms. The van der Waals surface area contributed by atoms with Gasteiger partial charge in [-0.1, -0.05) is 67.6 Å². The summed E-state index contributed by atoms with van der Waals surface area (Å²) in [6, 6.07) is 19.9. The number of carbonyl (C=O) groups is 1. The van der Waals surface area contributed by atoms with Gasteiger partial charge in [0.25, 0.3) is 0 Å². The number of ether oxygens (including phenoxy) is 2. The van der Waals surface area contributed by atoms with Gasteiger partial charge in [-0.25, -0.2) is 0 Å². The molecule has 0 radical (unpaired) electrons. The monoisotopic (exact) mass is 312 g/mol. The zero-order valence-electron chi connectivity index (χ0n) is 14.0. The number of hydrogen-bond donors (Lipinski definition) is 0. The van der Waals surface area contributed by atoms with Crippen LogP contribution in [0.5, 0.6) is 0 Å². The molecule has 2 rings (SSSR count). The summed E-state index contributed by atoms with van der Waals surface area (Å²) in [5, 5.41) is 0. The second-order valence-electron chi connectivity index (χ2n) is 5.39. The highest BCUT2D eigenvalue weighted by molar-refractivity contribution is 5.69. The summed E-state index contributed by atoms with van der Waals surface area (Å²) in [4.78, 5) is 11.9. The number of carbonyl (C=O) groups excluding carboxylic acids is 1. The third kappa shape index (κ3) is 3.62. The zero-order valence-corrected chi connectivity index (χ0v) is 14.0. The molecule has 0 aliphatic heterocycles. The average molecular weight is 312 g/mol. The van der Waals surface area contributed by atoms with Crippen LogP contribution in [0.4, 0.5) is 0 Å². The lowest BCUT2D eigenvalue weighted by molar-refractivity contribution is -0.166. The van der Waals surface area contributed by atoms with E-state index in [9.17, 15) is 4.79 Å². The van der Waals surface area contributed by atoms with Crippen molar-refractivity contribution in [3.8, 4) is 0 Å². The predicted molar refractivity (Wildman–Crippen MR) is 91.1 cm³/mol. The van der Waals surface area contributed by atoms with Crippen LogP contribution in [-0.2, 0) is 19.9 Å². The van der Waals surface area contributed by atoms with Crippen LogP contribution in [0.1, 0.15) is 38.3 Å². The van der Waals surface area contributed by atoms with Gasteiger partial charge in [-0.3, -0.25) is 4.79 Å². The Morgan fingerprint density at radius 2 is 1.43 bits per heavy atom. The van der Waals surface area contributed by atoms with E-state index in [1.54, 1.807) is 6.92 Å². The van der Waals surface area contributed by atoms with Crippen LogP contribution in [0.15, 0.2) is 60.7 Å². The number of rotatable bonds is 7. The highest BCUT2D eigenvalue weighted by atomic mass is 16.6. The van der Waals surface area contributed by atoms with Crippen molar-refractivity contribution in [3.63, 3.8) is 0 Å². The van der Waals surface area contributed by atoms with Crippen LogP contribution in [-0.4, -0.2) is 18.7 Å². The number of esters is 1. The van der Waals surface area contributed by atoms with Gasteiger partial charge >= 0.3 is 5.97 Å². The summed E-state index contributed by atoms with van der Waals surface area (Å²) in [6.45, 7) is 6.15. The lowest BCUT2D eigenvalue weighted by Crippen LogP contribution is -2.44. The summed E-state index contributed by atoms with van der Waals surface area (Å²) in [6.07, 6.45) is -0.101. The molecule has 1 unspecified atom stereocenters. The third-order valence-electron chi connectivity index (χ3n) is 3.95. The van der Waals surface area contributed by atoms with Gasteiger partial charge in [0.1, 0.15) is 6.10 Å². The molecule has 1 atom stereocenters. The van der Waals surface area contributed by atoms with E-state index in [4.69, 9.17) is 9.47 Å². The van der Waals surface area contributed by atoms with Gasteiger partial charge in [-0.05, 0) is 25.0 Å². The van der Waals surface area contributed by atoms with E-state index in [1.165, 1.54) is 0 Å².